The summed E-state index contributed by atoms with van der Waals surface area (Å²) in [5.41, 5.74) is 4.61. The van der Waals surface area contributed by atoms with E-state index in [0.717, 1.165) is 21.6 Å². The molecule has 0 saturated carbocycles. The molecule has 0 aliphatic rings. The molecule has 4 heteroatoms. The topological polar surface area (TPSA) is 38.6 Å². The van der Waals surface area contributed by atoms with Gasteiger partial charge < -0.3 is 4.90 Å². The molecule has 3 rings (SSSR count). The first-order chi connectivity index (χ1) is 13.9. The second-order valence-electron chi connectivity index (χ2n) is 7.49. The average molecular weight is 407 g/mol. The Labute approximate surface area is 176 Å². The molecule has 1 N–H and O–H groups in total. The van der Waals surface area contributed by atoms with Crippen LogP contribution < -0.4 is 4.90 Å². The summed E-state index contributed by atoms with van der Waals surface area (Å²) in [7, 11) is 0. The number of rotatable bonds is 8. The zero-order valence-corrected chi connectivity index (χ0v) is 17.5. The van der Waals surface area contributed by atoms with Crippen LogP contribution >= 0.6 is 11.6 Å². The van der Waals surface area contributed by atoms with E-state index in [1.54, 1.807) is 0 Å². The standard InChI is InChI=1S/C25H24ClNO2/c1-18-3-9-21(10-4-18)24(28)16-27(15-20-7-13-23(26)14-8-20)17-25(29)22-11-5-19(2)6-12-22/h3-14H,15-17H2,1-2H3/p+1. The predicted octanol–water partition coefficient (Wildman–Crippen LogP) is 4.11. The van der Waals surface area contributed by atoms with E-state index in [-0.39, 0.29) is 24.7 Å². The predicted molar refractivity (Wildman–Crippen MR) is 117 cm³/mol. The van der Waals surface area contributed by atoms with Gasteiger partial charge in [-0.15, -0.1) is 0 Å². The fourth-order valence-corrected chi connectivity index (χ4v) is 3.34. The van der Waals surface area contributed by atoms with Crippen LogP contribution in [0.4, 0.5) is 0 Å². The molecule has 0 radical (unpaired) electrons. The van der Waals surface area contributed by atoms with Crippen molar-refractivity contribution in [3.8, 4) is 0 Å². The Morgan fingerprint density at radius 3 is 1.52 bits per heavy atom. The van der Waals surface area contributed by atoms with Crippen LogP contribution in [0.2, 0.25) is 5.02 Å². The number of hydrogen-bond acceptors (Lipinski definition) is 2. The largest absolute Gasteiger partial charge is 0.318 e. The third kappa shape index (κ3) is 6.11. The second-order valence-corrected chi connectivity index (χ2v) is 7.92. The minimum absolute atomic E-state index is 0.0330. The third-order valence-electron chi connectivity index (χ3n) is 4.94. The van der Waals surface area contributed by atoms with Gasteiger partial charge in [-0.3, -0.25) is 9.59 Å². The van der Waals surface area contributed by atoms with E-state index in [1.807, 2.05) is 86.6 Å². The van der Waals surface area contributed by atoms with E-state index in [9.17, 15) is 9.59 Å². The Hall–Kier alpha value is -2.75. The van der Waals surface area contributed by atoms with Crippen LogP contribution in [0, 0.1) is 13.8 Å². The summed E-state index contributed by atoms with van der Waals surface area (Å²) < 4.78 is 0. The van der Waals surface area contributed by atoms with Crippen molar-refractivity contribution in [2.45, 2.75) is 20.4 Å². The molecule has 0 atom stereocenters. The van der Waals surface area contributed by atoms with Crippen LogP contribution in [0.5, 0.6) is 0 Å². The van der Waals surface area contributed by atoms with Gasteiger partial charge in [0.2, 0.25) is 11.6 Å². The molecular weight excluding hydrogens is 382 g/mol. The van der Waals surface area contributed by atoms with E-state index in [0.29, 0.717) is 22.7 Å². The molecule has 29 heavy (non-hydrogen) atoms. The summed E-state index contributed by atoms with van der Waals surface area (Å²) in [4.78, 5) is 26.5. The number of ketones is 2. The lowest BCUT2D eigenvalue weighted by Gasteiger charge is -2.19. The van der Waals surface area contributed by atoms with E-state index in [1.165, 1.54) is 0 Å². The van der Waals surface area contributed by atoms with E-state index in [4.69, 9.17) is 11.6 Å². The van der Waals surface area contributed by atoms with Gasteiger partial charge in [-0.05, 0) is 26.0 Å². The Kier molecular flexibility index (Phi) is 6.97. The average Bonchev–Trinajstić information content (AvgIpc) is 2.70. The van der Waals surface area contributed by atoms with Gasteiger partial charge in [-0.2, -0.15) is 0 Å². The maximum atomic E-state index is 12.8. The van der Waals surface area contributed by atoms with Gasteiger partial charge in [0.25, 0.3) is 0 Å². The number of hydrogen-bond donors (Lipinski definition) is 1. The fraction of sp³-hybridized carbons (Fsp3) is 0.200. The van der Waals surface area contributed by atoms with Crippen molar-refractivity contribution >= 4 is 23.2 Å². The molecule has 0 unspecified atom stereocenters. The molecule has 0 aromatic heterocycles. The van der Waals surface area contributed by atoms with Gasteiger partial charge in [-0.25, -0.2) is 0 Å². The zero-order chi connectivity index (χ0) is 20.8. The Balaban J connectivity index is 1.77. The van der Waals surface area contributed by atoms with Crippen LogP contribution in [0.3, 0.4) is 0 Å². The van der Waals surface area contributed by atoms with Crippen molar-refractivity contribution in [1.29, 1.82) is 0 Å². The number of carbonyl (C=O) groups excluding carboxylic acids is 2. The van der Waals surface area contributed by atoms with Gasteiger partial charge in [0.15, 0.2) is 0 Å². The van der Waals surface area contributed by atoms with Crippen molar-refractivity contribution in [3.63, 3.8) is 0 Å². The van der Waals surface area contributed by atoms with Crippen molar-refractivity contribution < 1.29 is 14.5 Å². The molecule has 148 valence electrons. The number of halogens is 1. The molecule has 3 aromatic rings. The van der Waals surface area contributed by atoms with Crippen LogP contribution in [0.1, 0.15) is 37.4 Å². The monoisotopic (exact) mass is 406 g/mol. The summed E-state index contributed by atoms with van der Waals surface area (Å²) in [6.07, 6.45) is 0. The quantitative estimate of drug-likeness (QED) is 0.572. The summed E-state index contributed by atoms with van der Waals surface area (Å²) >= 11 is 5.99. The highest BCUT2D eigenvalue weighted by atomic mass is 35.5. The maximum Gasteiger partial charge on any atom is 0.216 e. The lowest BCUT2D eigenvalue weighted by atomic mass is 10.1. The number of nitrogens with one attached hydrogen (secondary N) is 1. The van der Waals surface area contributed by atoms with E-state index < -0.39 is 0 Å². The van der Waals surface area contributed by atoms with Gasteiger partial charge >= 0.3 is 0 Å². The lowest BCUT2D eigenvalue weighted by molar-refractivity contribution is -0.896. The minimum Gasteiger partial charge on any atom is -0.318 e. The third-order valence-corrected chi connectivity index (χ3v) is 5.19. The van der Waals surface area contributed by atoms with Crippen molar-refractivity contribution in [2.75, 3.05) is 13.1 Å². The second kappa shape index (κ2) is 9.64. The smallest absolute Gasteiger partial charge is 0.216 e. The molecular formula is C25H25ClNO2+. The van der Waals surface area contributed by atoms with E-state index >= 15 is 0 Å². The number of aryl methyl sites for hydroxylation is 2. The van der Waals surface area contributed by atoms with E-state index in [2.05, 4.69) is 0 Å². The molecule has 0 aliphatic carbocycles. The van der Waals surface area contributed by atoms with Crippen molar-refractivity contribution in [2.24, 2.45) is 0 Å². The first-order valence-corrected chi connectivity index (χ1v) is 10.1. The Morgan fingerprint density at radius 1 is 0.690 bits per heavy atom. The van der Waals surface area contributed by atoms with Gasteiger partial charge in [-0.1, -0.05) is 83.4 Å². The Bertz CT molecular complexity index is 917. The normalized spacial score (nSPS) is 10.9. The zero-order valence-electron chi connectivity index (χ0n) is 16.7. The highest BCUT2D eigenvalue weighted by Crippen LogP contribution is 2.09. The van der Waals surface area contributed by atoms with Crippen molar-refractivity contribution in [1.82, 2.24) is 0 Å². The molecule has 0 saturated heterocycles. The summed E-state index contributed by atoms with van der Waals surface area (Å²) in [6.45, 7) is 5.07. The lowest BCUT2D eigenvalue weighted by Crippen LogP contribution is -3.12. The highest BCUT2D eigenvalue weighted by Gasteiger charge is 2.21. The molecule has 0 amide bonds. The molecule has 0 heterocycles. The number of carbonyl (C=O) groups is 2. The van der Waals surface area contributed by atoms with Crippen LogP contribution in [0.15, 0.2) is 72.8 Å². The molecule has 0 spiro atoms. The molecule has 0 bridgehead atoms. The Morgan fingerprint density at radius 2 is 1.10 bits per heavy atom. The number of quaternary nitrogens is 1. The van der Waals surface area contributed by atoms with Crippen LogP contribution in [0.25, 0.3) is 0 Å². The fourth-order valence-electron chi connectivity index (χ4n) is 3.22. The number of Topliss-reactive ketones (excluding diaryl/α,β-unsaturated/α-hetero) is 2. The van der Waals surface area contributed by atoms with Gasteiger partial charge in [0.1, 0.15) is 19.6 Å². The summed E-state index contributed by atoms with van der Waals surface area (Å²) in [6, 6.07) is 22.7. The summed E-state index contributed by atoms with van der Waals surface area (Å²) in [5.74, 6) is 0.0661. The maximum absolute atomic E-state index is 12.8. The minimum atomic E-state index is 0.0330. The van der Waals surface area contributed by atoms with Crippen LogP contribution in [-0.4, -0.2) is 24.7 Å². The number of benzene rings is 3. The molecule has 3 nitrogen and oxygen atoms in total. The van der Waals surface area contributed by atoms with Crippen LogP contribution in [-0.2, 0) is 6.54 Å². The first-order valence-electron chi connectivity index (χ1n) is 9.68. The highest BCUT2D eigenvalue weighted by molar-refractivity contribution is 6.30. The first kappa shape index (κ1) is 21.0. The van der Waals surface area contributed by atoms with Crippen molar-refractivity contribution in [3.05, 3.63) is 106 Å². The molecule has 3 aromatic carbocycles. The SMILES string of the molecule is Cc1ccc(C(=O)C[NH+](CC(=O)c2ccc(C)cc2)Cc2ccc(Cl)cc2)cc1. The summed E-state index contributed by atoms with van der Waals surface area (Å²) in [5, 5.41) is 0.668. The molecule has 0 fully saturated rings. The van der Waals surface area contributed by atoms with Gasteiger partial charge in [0, 0.05) is 21.7 Å². The van der Waals surface area contributed by atoms with Gasteiger partial charge in [0.05, 0.1) is 0 Å². The molecule has 0 aliphatic heterocycles.